The van der Waals surface area contributed by atoms with Crippen molar-refractivity contribution in [2.24, 2.45) is 11.8 Å². The van der Waals surface area contributed by atoms with Crippen LogP contribution in [0.1, 0.15) is 57.1 Å². The third-order valence-electron chi connectivity index (χ3n) is 5.78. The lowest BCUT2D eigenvalue weighted by Gasteiger charge is -2.30. The smallest absolute Gasteiger partial charge is 0.310 e. The number of fused-ring (bicyclic) bond motifs is 1. The molecule has 0 spiro atoms. The topological polar surface area (TPSA) is 12.0 Å². The second-order valence-corrected chi connectivity index (χ2v) is 7.66. The molecule has 0 amide bonds. The van der Waals surface area contributed by atoms with Crippen molar-refractivity contribution < 1.29 is 13.2 Å². The fourth-order valence-electron chi connectivity index (χ4n) is 4.30. The van der Waals surface area contributed by atoms with Crippen LogP contribution in [-0.4, -0.2) is 12.7 Å². The Morgan fingerprint density at radius 2 is 1.81 bits per heavy atom. The molecule has 0 bridgehead atoms. The highest BCUT2D eigenvalue weighted by molar-refractivity contribution is 5.86. The number of benzene rings is 2. The Labute approximate surface area is 166 Å². The van der Waals surface area contributed by atoms with Crippen molar-refractivity contribution in [3.63, 3.8) is 0 Å². The van der Waals surface area contributed by atoms with Crippen molar-refractivity contribution >= 4 is 23.2 Å². The quantitative estimate of drug-likeness (QED) is 0.512. The van der Waals surface area contributed by atoms with Gasteiger partial charge in [-0.2, -0.15) is 13.2 Å². The normalized spacial score (nSPS) is 21.6. The number of nitrogens with one attached hydrogen (secondary N) is 1. The Hall–Kier alpha value is -1.26. The maximum Gasteiger partial charge on any atom is 0.391 e. The predicted octanol–water partition coefficient (Wildman–Crippen LogP) is 7.06. The summed E-state index contributed by atoms with van der Waals surface area (Å²) in [6.07, 6.45) is 0.116. The molecule has 5 heteroatoms. The van der Waals surface area contributed by atoms with Gasteiger partial charge in [-0.05, 0) is 61.4 Å². The lowest BCUT2D eigenvalue weighted by molar-refractivity contribution is -0.185. The van der Waals surface area contributed by atoms with E-state index in [1.807, 2.05) is 6.07 Å². The van der Waals surface area contributed by atoms with Gasteiger partial charge in [0, 0.05) is 6.04 Å². The van der Waals surface area contributed by atoms with Gasteiger partial charge in [-0.3, -0.25) is 0 Å². The molecule has 1 aliphatic rings. The Morgan fingerprint density at radius 1 is 1.07 bits per heavy atom. The summed E-state index contributed by atoms with van der Waals surface area (Å²) in [7, 11) is 0. The standard InChI is InChI=1S/C22H28F3N.ClH/c1-16(20-13-5-10-18-9-2-3-12-21(18)20)26-14-6-8-17-7-4-11-19(15-17)22(23,24)25;/h2-3,5,9-10,12-13,16-17,19,26H,4,6-8,11,14-15H2,1H3;1H. The molecule has 0 saturated heterocycles. The zero-order chi connectivity index (χ0) is 18.6. The molecule has 1 N–H and O–H groups in total. The third kappa shape index (κ3) is 5.86. The summed E-state index contributed by atoms with van der Waals surface area (Å²) in [4.78, 5) is 0. The van der Waals surface area contributed by atoms with Gasteiger partial charge in [0.25, 0.3) is 0 Å². The molecule has 3 unspecified atom stereocenters. The highest BCUT2D eigenvalue weighted by atomic mass is 35.5. The number of halogens is 4. The number of hydrogen-bond donors (Lipinski definition) is 1. The molecule has 1 nitrogen and oxygen atoms in total. The van der Waals surface area contributed by atoms with Crippen molar-refractivity contribution in [2.45, 2.75) is 57.7 Å². The molecular formula is C22H29ClF3N. The second-order valence-electron chi connectivity index (χ2n) is 7.66. The van der Waals surface area contributed by atoms with E-state index in [2.05, 4.69) is 48.6 Å². The molecule has 1 aliphatic carbocycles. The van der Waals surface area contributed by atoms with E-state index in [0.29, 0.717) is 19.3 Å². The van der Waals surface area contributed by atoms with Crippen molar-refractivity contribution in [3.05, 3.63) is 48.0 Å². The molecule has 2 aromatic carbocycles. The molecule has 0 aromatic heterocycles. The average Bonchev–Trinajstić information content (AvgIpc) is 2.64. The van der Waals surface area contributed by atoms with Gasteiger partial charge in [-0.25, -0.2) is 0 Å². The molecule has 3 rings (SSSR count). The van der Waals surface area contributed by atoms with Gasteiger partial charge < -0.3 is 5.32 Å². The minimum absolute atomic E-state index is 0. The molecular weight excluding hydrogens is 371 g/mol. The van der Waals surface area contributed by atoms with E-state index >= 15 is 0 Å². The van der Waals surface area contributed by atoms with Crippen LogP contribution >= 0.6 is 12.4 Å². The van der Waals surface area contributed by atoms with E-state index in [4.69, 9.17) is 0 Å². The zero-order valence-corrected chi connectivity index (χ0v) is 16.6. The van der Waals surface area contributed by atoms with Gasteiger partial charge in [0.15, 0.2) is 0 Å². The van der Waals surface area contributed by atoms with Gasteiger partial charge >= 0.3 is 6.18 Å². The van der Waals surface area contributed by atoms with E-state index in [0.717, 1.165) is 25.8 Å². The lowest BCUT2D eigenvalue weighted by Crippen LogP contribution is -2.29. The van der Waals surface area contributed by atoms with Crippen LogP contribution in [0.15, 0.2) is 42.5 Å². The first kappa shape index (κ1) is 22.0. The predicted molar refractivity (Wildman–Crippen MR) is 108 cm³/mol. The molecule has 0 aliphatic heterocycles. The molecule has 3 atom stereocenters. The molecule has 1 saturated carbocycles. The Kier molecular flexibility index (Phi) is 7.99. The average molecular weight is 400 g/mol. The van der Waals surface area contributed by atoms with Crippen molar-refractivity contribution in [1.29, 1.82) is 0 Å². The summed E-state index contributed by atoms with van der Waals surface area (Å²) in [5, 5.41) is 6.04. The minimum atomic E-state index is -4.01. The summed E-state index contributed by atoms with van der Waals surface area (Å²) in [5.74, 6) is -0.853. The van der Waals surface area contributed by atoms with Gasteiger partial charge in [0.1, 0.15) is 0 Å². The van der Waals surface area contributed by atoms with E-state index in [1.165, 1.54) is 16.3 Å². The monoisotopic (exact) mass is 399 g/mol. The van der Waals surface area contributed by atoms with Crippen LogP contribution in [0.25, 0.3) is 10.8 Å². The largest absolute Gasteiger partial charge is 0.391 e. The highest BCUT2D eigenvalue weighted by Gasteiger charge is 2.41. The van der Waals surface area contributed by atoms with Gasteiger partial charge in [0.2, 0.25) is 0 Å². The van der Waals surface area contributed by atoms with E-state index < -0.39 is 12.1 Å². The Balaban J connectivity index is 0.00000261. The Bertz CT molecular complexity index is 711. The van der Waals surface area contributed by atoms with Crippen molar-refractivity contribution in [1.82, 2.24) is 5.32 Å². The highest BCUT2D eigenvalue weighted by Crippen LogP contribution is 2.41. The van der Waals surface area contributed by atoms with Crippen LogP contribution in [0.4, 0.5) is 13.2 Å². The summed E-state index contributed by atoms with van der Waals surface area (Å²) in [5.41, 5.74) is 1.28. The third-order valence-corrected chi connectivity index (χ3v) is 5.78. The van der Waals surface area contributed by atoms with Crippen LogP contribution < -0.4 is 5.32 Å². The van der Waals surface area contributed by atoms with Crippen molar-refractivity contribution in [3.8, 4) is 0 Å². The maximum absolute atomic E-state index is 12.9. The van der Waals surface area contributed by atoms with E-state index in [9.17, 15) is 13.2 Å². The molecule has 2 aromatic rings. The fourth-order valence-corrected chi connectivity index (χ4v) is 4.30. The fraction of sp³-hybridized carbons (Fsp3) is 0.545. The first-order valence-corrected chi connectivity index (χ1v) is 9.73. The molecule has 0 heterocycles. The summed E-state index contributed by atoms with van der Waals surface area (Å²) in [6.45, 7) is 3.00. The van der Waals surface area contributed by atoms with Crippen LogP contribution in [0.2, 0.25) is 0 Å². The van der Waals surface area contributed by atoms with Gasteiger partial charge in [-0.15, -0.1) is 12.4 Å². The van der Waals surface area contributed by atoms with Crippen LogP contribution in [0.3, 0.4) is 0 Å². The SMILES string of the molecule is CC(NCCCC1CCCC(C(F)(F)F)C1)c1cccc2ccccc12.Cl. The minimum Gasteiger partial charge on any atom is -0.310 e. The number of rotatable bonds is 6. The first-order valence-electron chi connectivity index (χ1n) is 9.73. The van der Waals surface area contributed by atoms with Crippen LogP contribution in [0.5, 0.6) is 0 Å². The first-order chi connectivity index (χ1) is 12.4. The maximum atomic E-state index is 12.9. The summed E-state index contributed by atoms with van der Waals surface area (Å²) >= 11 is 0. The molecule has 27 heavy (non-hydrogen) atoms. The molecule has 0 radical (unpaired) electrons. The van der Waals surface area contributed by atoms with Gasteiger partial charge in [0.05, 0.1) is 5.92 Å². The summed E-state index contributed by atoms with van der Waals surface area (Å²) in [6, 6.07) is 14.9. The summed E-state index contributed by atoms with van der Waals surface area (Å²) < 4.78 is 38.7. The van der Waals surface area contributed by atoms with Crippen molar-refractivity contribution in [2.75, 3.05) is 6.54 Å². The van der Waals surface area contributed by atoms with Crippen LogP contribution in [0, 0.1) is 11.8 Å². The van der Waals surface area contributed by atoms with Gasteiger partial charge in [-0.1, -0.05) is 55.3 Å². The Morgan fingerprint density at radius 3 is 2.59 bits per heavy atom. The molecule has 1 fully saturated rings. The van der Waals surface area contributed by atoms with E-state index in [-0.39, 0.29) is 24.4 Å². The lowest BCUT2D eigenvalue weighted by atomic mass is 9.79. The molecule has 150 valence electrons. The second kappa shape index (κ2) is 9.79. The van der Waals surface area contributed by atoms with Crippen LogP contribution in [-0.2, 0) is 0 Å². The number of alkyl halides is 3. The zero-order valence-electron chi connectivity index (χ0n) is 15.8. The number of hydrogen-bond acceptors (Lipinski definition) is 1. The van der Waals surface area contributed by atoms with E-state index in [1.54, 1.807) is 0 Å².